The van der Waals surface area contributed by atoms with Gasteiger partial charge in [0.2, 0.25) is 0 Å². The highest BCUT2D eigenvalue weighted by molar-refractivity contribution is 8.93. The quantitative estimate of drug-likeness (QED) is 0.159. The van der Waals surface area contributed by atoms with E-state index in [1.54, 1.807) is 0 Å². The molecule has 0 aliphatic heterocycles. The maximum atomic E-state index is 6.27. The van der Waals surface area contributed by atoms with Crippen molar-refractivity contribution < 1.29 is 26.3 Å². The molecule has 1 aromatic heterocycles. The molecule has 0 saturated heterocycles. The maximum absolute atomic E-state index is 6.27. The predicted molar refractivity (Wildman–Crippen MR) is 153 cm³/mol. The Morgan fingerprint density at radius 2 is 1.40 bits per heavy atom. The molecule has 1 atom stereocenters. The van der Waals surface area contributed by atoms with Crippen LogP contribution in [0.2, 0.25) is 0 Å². The first-order valence-electron chi connectivity index (χ1n) is 13.2. The van der Waals surface area contributed by atoms with Crippen LogP contribution in [0.3, 0.4) is 0 Å². The molecule has 35 heavy (non-hydrogen) atoms. The van der Waals surface area contributed by atoms with Gasteiger partial charge in [-0.05, 0) is 37.0 Å². The summed E-state index contributed by atoms with van der Waals surface area (Å²) in [6.45, 7) is 5.34. The molecular weight excluding hydrogens is 564 g/mol. The molecule has 200 valence electrons. The molecule has 3 N–H and O–H groups in total. The van der Waals surface area contributed by atoms with E-state index in [4.69, 9.17) is 4.74 Å². The second kappa shape index (κ2) is 24.5. The van der Waals surface area contributed by atoms with E-state index >= 15 is 0 Å². The third-order valence-electron chi connectivity index (χ3n) is 6.09. The molecule has 1 aromatic carbocycles. The van der Waals surface area contributed by atoms with Crippen LogP contribution in [-0.2, 0) is 6.54 Å². The summed E-state index contributed by atoms with van der Waals surface area (Å²) in [5, 5.41) is 0. The van der Waals surface area contributed by atoms with E-state index in [2.05, 4.69) is 79.4 Å². The highest BCUT2D eigenvalue weighted by Crippen LogP contribution is 2.18. The zero-order valence-corrected chi connectivity index (χ0v) is 25.5. The topological polar surface area (TPSA) is 48.1 Å². The first-order chi connectivity index (χ1) is 15.8. The van der Waals surface area contributed by atoms with Crippen molar-refractivity contribution in [3.05, 3.63) is 66.5 Å². The molecule has 0 saturated carbocycles. The van der Waals surface area contributed by atoms with E-state index in [0.29, 0.717) is 0 Å². The molecule has 1 unspecified atom stereocenters. The molecule has 2 rings (SSSR count). The van der Waals surface area contributed by atoms with Gasteiger partial charge < -0.3 is 27.9 Å². The Bertz CT molecular complexity index is 740. The first-order valence-corrected chi connectivity index (χ1v) is 13.2. The second-order valence-corrected chi connectivity index (χ2v) is 9.02. The number of allylic oxidation sites excluding steroid dienone is 1. The number of hydrogen-bond donors (Lipinski definition) is 1. The lowest BCUT2D eigenvalue weighted by Gasteiger charge is -2.15. The molecule has 1 heterocycles. The van der Waals surface area contributed by atoms with E-state index in [-0.39, 0.29) is 46.2 Å². The molecule has 2 aromatic rings. The molecular formula is C30H50Br2N2O. The molecule has 5 heteroatoms. The molecule has 3 nitrogen and oxygen atoms in total. The summed E-state index contributed by atoms with van der Waals surface area (Å²) in [5.41, 5.74) is 1.23. The number of benzene rings is 1. The van der Waals surface area contributed by atoms with Crippen LogP contribution >= 0.6 is 17.0 Å². The van der Waals surface area contributed by atoms with Gasteiger partial charge in [-0.3, -0.25) is 0 Å². The lowest BCUT2D eigenvalue weighted by molar-refractivity contribution is -0.702. The number of aromatic nitrogens is 1. The first kappa shape index (κ1) is 36.0. The van der Waals surface area contributed by atoms with Crippen LogP contribution in [0.15, 0.2) is 60.9 Å². The monoisotopic (exact) mass is 612 g/mol. The fourth-order valence-corrected chi connectivity index (χ4v) is 4.07. The van der Waals surface area contributed by atoms with E-state index in [1.807, 2.05) is 6.07 Å². The van der Waals surface area contributed by atoms with Crippen LogP contribution in [0.5, 0.6) is 5.75 Å². The van der Waals surface area contributed by atoms with Crippen LogP contribution in [0, 0.1) is 0 Å². The summed E-state index contributed by atoms with van der Waals surface area (Å²) in [5.74, 6) is 0.963. The minimum atomic E-state index is 0. The van der Waals surface area contributed by atoms with Gasteiger partial charge in [-0.1, -0.05) is 108 Å². The number of nitrogens with zero attached hydrogens (tertiary/aromatic N) is 1. The van der Waals surface area contributed by atoms with Gasteiger partial charge in [0, 0.05) is 12.1 Å². The average Bonchev–Trinajstić information content (AvgIpc) is 2.82. The number of unbranched alkanes of at least 4 members (excludes halogenated alkanes) is 11. The van der Waals surface area contributed by atoms with Crippen molar-refractivity contribution in [2.75, 3.05) is 0 Å². The van der Waals surface area contributed by atoms with Gasteiger partial charge in [-0.15, -0.1) is 17.0 Å². The van der Waals surface area contributed by atoms with Crippen molar-refractivity contribution in [1.82, 2.24) is 6.15 Å². The fourth-order valence-electron chi connectivity index (χ4n) is 4.07. The number of halogens is 2. The molecule has 0 fully saturated rings. The van der Waals surface area contributed by atoms with Crippen molar-refractivity contribution in [2.24, 2.45) is 0 Å². The summed E-state index contributed by atoms with van der Waals surface area (Å²) in [7, 11) is 0. The second-order valence-electron chi connectivity index (χ2n) is 9.02. The SMILES string of the molecule is Br.CCCCCCCCCCCCCC=Cc1cccc(OC(CC)C[n+]2ccccc2)c1.N.[Br-]. The molecule has 0 radical (unpaired) electrons. The largest absolute Gasteiger partial charge is 1.00 e. The lowest BCUT2D eigenvalue weighted by atomic mass is 10.1. The molecule has 0 amide bonds. The average molecular weight is 615 g/mol. The Morgan fingerprint density at radius 3 is 2.00 bits per heavy atom. The Hall–Kier alpha value is -1.17. The zero-order chi connectivity index (χ0) is 22.7. The van der Waals surface area contributed by atoms with Crippen molar-refractivity contribution >= 4 is 23.1 Å². The van der Waals surface area contributed by atoms with Crippen molar-refractivity contribution in [1.29, 1.82) is 0 Å². The Kier molecular flexibility index (Phi) is 25.2. The molecule has 0 aliphatic rings. The number of pyridine rings is 1. The fraction of sp³-hybridized carbons (Fsp3) is 0.567. The van der Waals surface area contributed by atoms with E-state index in [9.17, 15) is 0 Å². The summed E-state index contributed by atoms with van der Waals surface area (Å²) in [6, 6.07) is 14.7. The normalized spacial score (nSPS) is 11.3. The van der Waals surface area contributed by atoms with Crippen LogP contribution in [0.4, 0.5) is 0 Å². The molecule has 0 spiro atoms. The number of ether oxygens (including phenoxy) is 1. The predicted octanol–water partition coefficient (Wildman–Crippen LogP) is 6.29. The summed E-state index contributed by atoms with van der Waals surface area (Å²) < 4.78 is 8.46. The van der Waals surface area contributed by atoms with Crippen molar-refractivity contribution in [2.45, 2.75) is 110 Å². The van der Waals surface area contributed by atoms with Crippen LogP contribution in [-0.4, -0.2) is 6.10 Å². The van der Waals surface area contributed by atoms with Gasteiger partial charge in [-0.25, -0.2) is 4.57 Å². The summed E-state index contributed by atoms with van der Waals surface area (Å²) in [6.07, 6.45) is 26.5. The standard InChI is InChI=1S/C30H46NO.2BrH.H3N/c1-3-5-6-7-8-9-10-11-12-13-14-15-17-21-28-22-20-23-30(26-28)32-29(4-2)27-31-24-18-16-19-25-31;;;/h16-26,29H,3-15,27H2,1-2H3;2*1H;1H3/q+1;;;/p-1. The zero-order valence-electron chi connectivity index (χ0n) is 22.2. The minimum Gasteiger partial charge on any atom is -1.00 e. The van der Waals surface area contributed by atoms with Gasteiger partial charge in [0.1, 0.15) is 5.75 Å². The molecule has 0 aliphatic carbocycles. The van der Waals surface area contributed by atoms with Gasteiger partial charge in [0.05, 0.1) is 0 Å². The smallest absolute Gasteiger partial charge is 0.184 e. The van der Waals surface area contributed by atoms with Crippen LogP contribution < -0.4 is 32.4 Å². The lowest BCUT2D eigenvalue weighted by Crippen LogP contribution is -3.00. The van der Waals surface area contributed by atoms with Crippen LogP contribution in [0.25, 0.3) is 6.08 Å². The van der Waals surface area contributed by atoms with Crippen molar-refractivity contribution in [3.63, 3.8) is 0 Å². The summed E-state index contributed by atoms with van der Waals surface area (Å²) in [4.78, 5) is 0. The highest BCUT2D eigenvalue weighted by atomic mass is 79.9. The van der Waals surface area contributed by atoms with Gasteiger partial charge in [-0.2, -0.15) is 0 Å². The van der Waals surface area contributed by atoms with E-state index in [1.165, 1.54) is 82.6 Å². The third kappa shape index (κ3) is 17.8. The Labute approximate surface area is 236 Å². The Balaban J connectivity index is 0. The number of rotatable bonds is 18. The summed E-state index contributed by atoms with van der Waals surface area (Å²) >= 11 is 0. The minimum absolute atomic E-state index is 0. The highest BCUT2D eigenvalue weighted by Gasteiger charge is 2.13. The Morgan fingerprint density at radius 1 is 0.800 bits per heavy atom. The van der Waals surface area contributed by atoms with Gasteiger partial charge >= 0.3 is 0 Å². The van der Waals surface area contributed by atoms with Crippen molar-refractivity contribution in [3.8, 4) is 5.75 Å². The molecule has 0 bridgehead atoms. The number of hydrogen-bond acceptors (Lipinski definition) is 2. The van der Waals surface area contributed by atoms with Crippen LogP contribution in [0.1, 0.15) is 103 Å². The van der Waals surface area contributed by atoms with Gasteiger partial charge in [0.25, 0.3) is 0 Å². The van der Waals surface area contributed by atoms with E-state index < -0.39 is 0 Å². The van der Waals surface area contributed by atoms with E-state index in [0.717, 1.165) is 18.7 Å². The maximum Gasteiger partial charge on any atom is 0.184 e. The van der Waals surface area contributed by atoms with Gasteiger partial charge in [0.15, 0.2) is 25.0 Å². The third-order valence-corrected chi connectivity index (χ3v) is 6.09.